The van der Waals surface area contributed by atoms with E-state index >= 15 is 0 Å². The molecular weight excluding hydrogens is 341 g/mol. The summed E-state index contributed by atoms with van der Waals surface area (Å²) in [6.45, 7) is 7.62. The molecule has 21 heavy (non-hydrogen) atoms. The zero-order valence-corrected chi connectivity index (χ0v) is 14.1. The minimum atomic E-state index is -1.70. The molecule has 1 aromatic carbocycles. The molecule has 1 heterocycles. The molecule has 0 atom stereocenters. The Balaban J connectivity index is 2.20. The van der Waals surface area contributed by atoms with Gasteiger partial charge in [-0.25, -0.2) is 0 Å². The molecule has 114 valence electrons. The summed E-state index contributed by atoms with van der Waals surface area (Å²) in [6, 6.07) is 6.79. The maximum Gasteiger partial charge on any atom is 0.462 e. The molecule has 0 spiro atoms. The number of hydrogen-bond donors (Lipinski definition) is 0. The SMILES string of the molecule is CC1(C)OB(CC(=C(F)F)c2ccc(Br)cc2)OC1(C)C. The van der Waals surface area contributed by atoms with E-state index in [9.17, 15) is 8.78 Å². The topological polar surface area (TPSA) is 18.5 Å². The summed E-state index contributed by atoms with van der Waals surface area (Å²) in [5, 5.41) is 0. The number of halogens is 3. The van der Waals surface area contributed by atoms with Crippen molar-refractivity contribution in [1.29, 1.82) is 0 Å². The summed E-state index contributed by atoms with van der Waals surface area (Å²) in [4.78, 5) is 0. The molecule has 0 saturated carbocycles. The molecule has 0 amide bonds. The van der Waals surface area contributed by atoms with E-state index in [0.717, 1.165) is 4.47 Å². The van der Waals surface area contributed by atoms with E-state index in [2.05, 4.69) is 15.9 Å². The standard InChI is InChI=1S/C15H18BBrF2O2/c1-14(2)15(3,4)21-16(20-14)9-12(13(18)19)10-5-7-11(17)8-6-10/h5-8H,9H2,1-4H3. The second kappa shape index (κ2) is 5.82. The van der Waals surface area contributed by atoms with Gasteiger partial charge in [0.05, 0.1) is 11.2 Å². The molecule has 0 aliphatic carbocycles. The van der Waals surface area contributed by atoms with Gasteiger partial charge >= 0.3 is 7.12 Å². The fraction of sp³-hybridized carbons (Fsp3) is 0.467. The van der Waals surface area contributed by atoms with Gasteiger partial charge in [0.2, 0.25) is 0 Å². The lowest BCUT2D eigenvalue weighted by Gasteiger charge is -2.32. The maximum absolute atomic E-state index is 13.3. The molecule has 0 aromatic heterocycles. The first-order chi connectivity index (χ1) is 9.62. The average Bonchev–Trinajstić information content (AvgIpc) is 2.55. The van der Waals surface area contributed by atoms with Crippen molar-refractivity contribution in [2.45, 2.75) is 45.2 Å². The highest BCUT2D eigenvalue weighted by Gasteiger charge is 2.51. The molecule has 6 heteroatoms. The van der Waals surface area contributed by atoms with Crippen LogP contribution in [0.25, 0.3) is 5.57 Å². The van der Waals surface area contributed by atoms with Crippen molar-refractivity contribution in [1.82, 2.24) is 0 Å². The minimum absolute atomic E-state index is 0.0246. The normalized spacial score (nSPS) is 19.7. The van der Waals surface area contributed by atoms with Crippen LogP contribution in [0.3, 0.4) is 0 Å². The van der Waals surface area contributed by atoms with Crippen LogP contribution in [0.2, 0.25) is 6.32 Å². The monoisotopic (exact) mass is 358 g/mol. The van der Waals surface area contributed by atoms with Crippen LogP contribution in [-0.2, 0) is 9.31 Å². The van der Waals surface area contributed by atoms with Crippen LogP contribution in [0.5, 0.6) is 0 Å². The van der Waals surface area contributed by atoms with Gasteiger partial charge in [-0.05, 0) is 45.4 Å². The van der Waals surface area contributed by atoms with E-state index in [1.54, 1.807) is 24.3 Å². The van der Waals surface area contributed by atoms with Gasteiger partial charge in [-0.15, -0.1) is 0 Å². The lowest BCUT2D eigenvalue weighted by molar-refractivity contribution is 0.00578. The Bertz CT molecular complexity index is 535. The number of benzene rings is 1. The summed E-state index contributed by atoms with van der Waals surface area (Å²) in [5.41, 5.74) is -0.598. The predicted molar refractivity (Wildman–Crippen MR) is 84.2 cm³/mol. The maximum atomic E-state index is 13.3. The number of hydrogen-bond acceptors (Lipinski definition) is 2. The molecule has 0 bridgehead atoms. The first kappa shape index (κ1) is 16.7. The first-order valence-electron chi connectivity index (χ1n) is 6.78. The third-order valence-corrected chi connectivity index (χ3v) is 4.62. The van der Waals surface area contributed by atoms with Gasteiger partial charge in [0.25, 0.3) is 6.08 Å². The Morgan fingerprint density at radius 3 is 1.95 bits per heavy atom. The summed E-state index contributed by atoms with van der Waals surface area (Å²) in [6.07, 6.45) is -1.68. The van der Waals surface area contributed by atoms with Gasteiger partial charge in [0.15, 0.2) is 0 Å². The molecule has 0 N–H and O–H groups in total. The van der Waals surface area contributed by atoms with Crippen LogP contribution in [-0.4, -0.2) is 18.3 Å². The second-order valence-corrected chi connectivity index (χ2v) is 7.05. The number of rotatable bonds is 3. The fourth-order valence-electron chi connectivity index (χ4n) is 2.17. The van der Waals surface area contributed by atoms with Crippen LogP contribution in [0, 0.1) is 0 Å². The van der Waals surface area contributed by atoms with Gasteiger partial charge in [-0.1, -0.05) is 28.1 Å². The molecule has 1 aliphatic rings. The van der Waals surface area contributed by atoms with Crippen molar-refractivity contribution in [3.8, 4) is 0 Å². The summed E-state index contributed by atoms with van der Waals surface area (Å²) >= 11 is 3.30. The Morgan fingerprint density at radius 1 is 1.05 bits per heavy atom. The molecule has 0 radical (unpaired) electrons. The lowest BCUT2D eigenvalue weighted by Crippen LogP contribution is -2.41. The van der Waals surface area contributed by atoms with Crippen molar-refractivity contribution in [2.24, 2.45) is 0 Å². The van der Waals surface area contributed by atoms with Crippen molar-refractivity contribution in [3.63, 3.8) is 0 Å². The van der Waals surface area contributed by atoms with Crippen molar-refractivity contribution in [2.75, 3.05) is 0 Å². The Morgan fingerprint density at radius 2 is 1.52 bits per heavy atom. The van der Waals surface area contributed by atoms with Gasteiger partial charge in [-0.3, -0.25) is 0 Å². The second-order valence-electron chi connectivity index (χ2n) is 6.14. The molecule has 1 saturated heterocycles. The zero-order valence-electron chi connectivity index (χ0n) is 12.5. The third kappa shape index (κ3) is 3.55. The van der Waals surface area contributed by atoms with Crippen LogP contribution >= 0.6 is 15.9 Å². The molecule has 2 nitrogen and oxygen atoms in total. The largest absolute Gasteiger partial charge is 0.462 e. The van der Waals surface area contributed by atoms with E-state index in [4.69, 9.17) is 9.31 Å². The quantitative estimate of drug-likeness (QED) is 0.695. The predicted octanol–water partition coefficient (Wildman–Crippen LogP) is 5.15. The summed E-state index contributed by atoms with van der Waals surface area (Å²) in [5.74, 6) is 0. The van der Waals surface area contributed by atoms with Gasteiger partial charge < -0.3 is 9.31 Å². The van der Waals surface area contributed by atoms with Crippen LogP contribution in [0.15, 0.2) is 34.8 Å². The van der Waals surface area contributed by atoms with Crippen LogP contribution < -0.4 is 0 Å². The minimum Gasteiger partial charge on any atom is -0.403 e. The van der Waals surface area contributed by atoms with E-state index < -0.39 is 24.4 Å². The summed E-state index contributed by atoms with van der Waals surface area (Å²) < 4.78 is 39.0. The molecular formula is C15H18BBrF2O2. The first-order valence-corrected chi connectivity index (χ1v) is 7.57. The Hall–Kier alpha value is -0.715. The average molecular weight is 359 g/mol. The molecule has 2 rings (SSSR count). The highest BCUT2D eigenvalue weighted by Crippen LogP contribution is 2.40. The Labute approximate surface area is 132 Å². The molecule has 0 unspecified atom stereocenters. The Kier molecular flexibility index (Phi) is 4.61. The smallest absolute Gasteiger partial charge is 0.403 e. The molecule has 1 aromatic rings. The van der Waals surface area contributed by atoms with E-state index in [-0.39, 0.29) is 11.9 Å². The third-order valence-electron chi connectivity index (χ3n) is 4.09. The zero-order chi connectivity index (χ0) is 15.8. The van der Waals surface area contributed by atoms with Crippen LogP contribution in [0.4, 0.5) is 8.78 Å². The van der Waals surface area contributed by atoms with E-state index in [1.165, 1.54) is 0 Å². The van der Waals surface area contributed by atoms with Gasteiger partial charge in [-0.2, -0.15) is 8.78 Å². The van der Waals surface area contributed by atoms with Crippen molar-refractivity contribution in [3.05, 3.63) is 40.4 Å². The highest BCUT2D eigenvalue weighted by molar-refractivity contribution is 9.10. The highest BCUT2D eigenvalue weighted by atomic mass is 79.9. The van der Waals surface area contributed by atoms with Crippen LogP contribution in [0.1, 0.15) is 33.3 Å². The lowest BCUT2D eigenvalue weighted by atomic mass is 9.78. The van der Waals surface area contributed by atoms with Gasteiger partial charge in [0.1, 0.15) is 0 Å². The van der Waals surface area contributed by atoms with E-state index in [0.29, 0.717) is 5.56 Å². The van der Waals surface area contributed by atoms with Crippen molar-refractivity contribution >= 4 is 28.6 Å². The molecule has 1 fully saturated rings. The van der Waals surface area contributed by atoms with Gasteiger partial charge in [0, 0.05) is 16.4 Å². The van der Waals surface area contributed by atoms with Crippen molar-refractivity contribution < 1.29 is 18.1 Å². The summed E-state index contributed by atoms with van der Waals surface area (Å²) in [7, 11) is -0.671. The molecule has 1 aliphatic heterocycles. The fourth-order valence-corrected chi connectivity index (χ4v) is 2.43. The number of allylic oxidation sites excluding steroid dienone is 1. The van der Waals surface area contributed by atoms with E-state index in [1.807, 2.05) is 27.7 Å².